The second-order valence-electron chi connectivity index (χ2n) is 3.72. The Labute approximate surface area is 94.4 Å². The van der Waals surface area contributed by atoms with Gasteiger partial charge in [0.2, 0.25) is 0 Å². The fraction of sp³-hybridized carbons (Fsp3) is 0.500. The van der Waals surface area contributed by atoms with Gasteiger partial charge in [0.15, 0.2) is 0 Å². The van der Waals surface area contributed by atoms with E-state index in [1.807, 2.05) is 6.07 Å². The van der Waals surface area contributed by atoms with Crippen molar-refractivity contribution < 1.29 is 4.74 Å². The summed E-state index contributed by atoms with van der Waals surface area (Å²) >= 11 is 1.70. The van der Waals surface area contributed by atoms with Crippen molar-refractivity contribution in [2.45, 2.75) is 19.4 Å². The van der Waals surface area contributed by atoms with Crippen molar-refractivity contribution >= 4 is 11.3 Å². The van der Waals surface area contributed by atoms with Gasteiger partial charge in [-0.3, -0.25) is 0 Å². The molecule has 1 aromatic heterocycles. The molecule has 0 saturated heterocycles. The van der Waals surface area contributed by atoms with Gasteiger partial charge >= 0.3 is 0 Å². The highest BCUT2D eigenvalue weighted by Gasteiger charge is 2.21. The molecule has 0 unspecified atom stereocenters. The van der Waals surface area contributed by atoms with Gasteiger partial charge in [-0.25, -0.2) is 0 Å². The van der Waals surface area contributed by atoms with Gasteiger partial charge in [-0.1, -0.05) is 11.8 Å². The number of nitrogens with two attached hydrogens (primary N) is 1. The Balaban J connectivity index is 1.85. The molecule has 0 bridgehead atoms. The molecule has 2 N–H and O–H groups in total. The molecule has 3 heteroatoms. The van der Waals surface area contributed by atoms with Crippen LogP contribution in [0.25, 0.3) is 0 Å². The molecular formula is C12H15NOS. The van der Waals surface area contributed by atoms with Crippen molar-refractivity contribution in [2.24, 2.45) is 11.7 Å². The monoisotopic (exact) mass is 221 g/mol. The van der Waals surface area contributed by atoms with E-state index >= 15 is 0 Å². The molecule has 0 atom stereocenters. The minimum atomic E-state index is 0.415. The normalized spacial score (nSPS) is 14.7. The zero-order chi connectivity index (χ0) is 10.5. The first-order valence-corrected chi connectivity index (χ1v) is 6.11. The topological polar surface area (TPSA) is 35.2 Å². The van der Waals surface area contributed by atoms with Crippen LogP contribution in [0.2, 0.25) is 0 Å². The lowest BCUT2D eigenvalue weighted by atomic mass is 10.2. The first-order chi connectivity index (χ1) is 7.40. The molecule has 15 heavy (non-hydrogen) atoms. The number of hydrogen-bond donors (Lipinski definition) is 1. The van der Waals surface area contributed by atoms with E-state index in [2.05, 4.69) is 17.2 Å². The van der Waals surface area contributed by atoms with E-state index in [1.54, 1.807) is 11.3 Å². The van der Waals surface area contributed by atoms with Crippen molar-refractivity contribution in [1.29, 1.82) is 0 Å². The van der Waals surface area contributed by atoms with E-state index in [0.29, 0.717) is 13.2 Å². The largest absolute Gasteiger partial charge is 0.376 e. The van der Waals surface area contributed by atoms with Gasteiger partial charge in [-0.05, 0) is 30.2 Å². The Morgan fingerprint density at radius 1 is 1.53 bits per heavy atom. The molecule has 2 rings (SSSR count). The zero-order valence-electron chi connectivity index (χ0n) is 8.66. The molecule has 80 valence electrons. The van der Waals surface area contributed by atoms with Crippen LogP contribution in [0.4, 0.5) is 0 Å². The summed E-state index contributed by atoms with van der Waals surface area (Å²) in [7, 11) is 0. The standard InChI is InChI=1S/C12H15NOS/c13-6-1-2-11-5-7-15-12(11)9-14-8-10-3-4-10/h5,7,10H,3-4,6,8-9,13H2. The fourth-order valence-electron chi connectivity index (χ4n) is 1.31. The SMILES string of the molecule is NCC#Cc1ccsc1COCC1CC1. The molecule has 1 aliphatic carbocycles. The summed E-state index contributed by atoms with van der Waals surface area (Å²) in [5.74, 6) is 6.76. The quantitative estimate of drug-likeness (QED) is 0.789. The zero-order valence-corrected chi connectivity index (χ0v) is 9.48. The van der Waals surface area contributed by atoms with Gasteiger partial charge in [0.25, 0.3) is 0 Å². The fourth-order valence-corrected chi connectivity index (χ4v) is 2.08. The molecule has 0 aliphatic heterocycles. The van der Waals surface area contributed by atoms with Crippen LogP contribution in [-0.2, 0) is 11.3 Å². The highest BCUT2D eigenvalue weighted by Crippen LogP contribution is 2.29. The summed E-state index contributed by atoms with van der Waals surface area (Å²) in [4.78, 5) is 1.22. The second kappa shape index (κ2) is 5.32. The van der Waals surface area contributed by atoms with E-state index in [-0.39, 0.29) is 0 Å². The van der Waals surface area contributed by atoms with Crippen LogP contribution in [0.3, 0.4) is 0 Å². The minimum absolute atomic E-state index is 0.415. The molecule has 1 aliphatic rings. The Bertz CT molecular complexity index is 370. The predicted molar refractivity (Wildman–Crippen MR) is 62.6 cm³/mol. The van der Waals surface area contributed by atoms with E-state index in [0.717, 1.165) is 18.1 Å². The van der Waals surface area contributed by atoms with Crippen LogP contribution < -0.4 is 5.73 Å². The van der Waals surface area contributed by atoms with E-state index < -0.39 is 0 Å². The van der Waals surface area contributed by atoms with Crippen molar-refractivity contribution in [1.82, 2.24) is 0 Å². The second-order valence-corrected chi connectivity index (χ2v) is 4.72. The van der Waals surface area contributed by atoms with Crippen molar-refractivity contribution in [3.05, 3.63) is 21.9 Å². The molecule has 0 amide bonds. The molecule has 1 fully saturated rings. The van der Waals surface area contributed by atoms with Crippen molar-refractivity contribution in [3.63, 3.8) is 0 Å². The lowest BCUT2D eigenvalue weighted by Crippen LogP contribution is -1.97. The van der Waals surface area contributed by atoms with E-state index in [1.165, 1.54) is 17.7 Å². The van der Waals surface area contributed by atoms with E-state index in [9.17, 15) is 0 Å². The van der Waals surface area contributed by atoms with Gasteiger partial charge in [0.1, 0.15) is 0 Å². The Hall–Kier alpha value is -0.820. The molecular weight excluding hydrogens is 206 g/mol. The molecule has 1 aromatic rings. The highest BCUT2D eigenvalue weighted by molar-refractivity contribution is 7.10. The molecule has 0 spiro atoms. The summed E-state index contributed by atoms with van der Waals surface area (Å²) in [5, 5.41) is 2.05. The molecule has 0 radical (unpaired) electrons. The Morgan fingerprint density at radius 2 is 2.40 bits per heavy atom. The maximum Gasteiger partial charge on any atom is 0.0822 e. The minimum Gasteiger partial charge on any atom is -0.376 e. The van der Waals surface area contributed by atoms with Gasteiger partial charge in [0, 0.05) is 17.0 Å². The van der Waals surface area contributed by atoms with Crippen molar-refractivity contribution in [2.75, 3.05) is 13.2 Å². The molecule has 1 saturated carbocycles. The average molecular weight is 221 g/mol. The number of ether oxygens (including phenoxy) is 1. The number of hydrogen-bond acceptors (Lipinski definition) is 3. The smallest absolute Gasteiger partial charge is 0.0822 e. The van der Waals surface area contributed by atoms with Gasteiger partial charge < -0.3 is 10.5 Å². The number of thiophene rings is 1. The van der Waals surface area contributed by atoms with Crippen LogP contribution in [0, 0.1) is 17.8 Å². The Kier molecular flexibility index (Phi) is 3.79. The summed E-state index contributed by atoms with van der Waals surface area (Å²) in [6, 6.07) is 2.03. The van der Waals surface area contributed by atoms with Crippen LogP contribution in [0.1, 0.15) is 23.3 Å². The maximum absolute atomic E-state index is 5.63. The number of rotatable bonds is 4. The van der Waals surface area contributed by atoms with Crippen LogP contribution in [-0.4, -0.2) is 13.2 Å². The Morgan fingerprint density at radius 3 is 3.13 bits per heavy atom. The first kappa shape index (κ1) is 10.7. The van der Waals surface area contributed by atoms with Crippen LogP contribution in [0.15, 0.2) is 11.4 Å². The summed E-state index contributed by atoms with van der Waals surface area (Å²) in [6.07, 6.45) is 2.68. The van der Waals surface area contributed by atoms with Crippen LogP contribution >= 0.6 is 11.3 Å². The summed E-state index contributed by atoms with van der Waals surface area (Å²) < 4.78 is 5.63. The van der Waals surface area contributed by atoms with Crippen LogP contribution in [0.5, 0.6) is 0 Å². The lowest BCUT2D eigenvalue weighted by molar-refractivity contribution is 0.113. The summed E-state index contributed by atoms with van der Waals surface area (Å²) in [6.45, 7) is 2.02. The first-order valence-electron chi connectivity index (χ1n) is 5.23. The third kappa shape index (κ3) is 3.35. The maximum atomic E-state index is 5.63. The third-order valence-electron chi connectivity index (χ3n) is 2.35. The van der Waals surface area contributed by atoms with Gasteiger partial charge in [-0.2, -0.15) is 0 Å². The van der Waals surface area contributed by atoms with Crippen molar-refractivity contribution in [3.8, 4) is 11.8 Å². The molecule has 1 heterocycles. The third-order valence-corrected chi connectivity index (χ3v) is 3.25. The lowest BCUT2D eigenvalue weighted by Gasteiger charge is -2.01. The predicted octanol–water partition coefficient (Wildman–Crippen LogP) is 1.98. The van der Waals surface area contributed by atoms with E-state index in [4.69, 9.17) is 10.5 Å². The van der Waals surface area contributed by atoms with Gasteiger partial charge in [-0.15, -0.1) is 11.3 Å². The molecule has 0 aromatic carbocycles. The highest BCUT2D eigenvalue weighted by atomic mass is 32.1. The summed E-state index contributed by atoms with van der Waals surface area (Å²) in [5.41, 5.74) is 6.41. The average Bonchev–Trinajstić information content (AvgIpc) is 2.95. The van der Waals surface area contributed by atoms with Gasteiger partial charge in [0.05, 0.1) is 13.2 Å². The molecule has 2 nitrogen and oxygen atoms in total.